The first kappa shape index (κ1) is 13.0. The Bertz CT molecular complexity index is 688. The van der Waals surface area contributed by atoms with Gasteiger partial charge >= 0.3 is 0 Å². The molecule has 0 aliphatic heterocycles. The van der Waals surface area contributed by atoms with Crippen molar-refractivity contribution in [2.45, 2.75) is 19.8 Å². The molecule has 0 spiro atoms. The largest absolute Gasteiger partial charge is 0.252 e. The van der Waals surface area contributed by atoms with Gasteiger partial charge in [-0.05, 0) is 23.1 Å². The third-order valence-corrected chi connectivity index (χ3v) is 4.00. The van der Waals surface area contributed by atoms with Crippen molar-refractivity contribution in [3.05, 3.63) is 60.0 Å². The maximum Gasteiger partial charge on any atom is 0.0989 e. The third kappa shape index (κ3) is 2.49. The van der Waals surface area contributed by atoms with Crippen LogP contribution in [0.1, 0.15) is 25.5 Å². The van der Waals surface area contributed by atoms with Crippen molar-refractivity contribution < 1.29 is 0 Å². The van der Waals surface area contributed by atoms with Crippen molar-refractivity contribution >= 4 is 11.3 Å². The van der Waals surface area contributed by atoms with E-state index in [0.717, 1.165) is 16.1 Å². The quantitative estimate of drug-likeness (QED) is 0.688. The van der Waals surface area contributed by atoms with Gasteiger partial charge in [0.15, 0.2) is 0 Å². The lowest BCUT2D eigenvalue weighted by atomic mass is 9.97. The number of benzene rings is 1. The molecule has 3 heteroatoms. The van der Waals surface area contributed by atoms with E-state index in [1.165, 1.54) is 11.1 Å². The fraction of sp³-hybridized carbons (Fsp3) is 0.176. The zero-order valence-electron chi connectivity index (χ0n) is 11.5. The highest BCUT2D eigenvalue weighted by atomic mass is 32.1. The molecule has 99 valence electrons. The molecular formula is C17H15N2S. The molecule has 1 radical (unpaired) electrons. The van der Waals surface area contributed by atoms with Crippen LogP contribution in [0.15, 0.2) is 48.1 Å². The topological polar surface area (TPSA) is 25.8 Å². The predicted octanol–water partition coefficient (Wildman–Crippen LogP) is 4.80. The molecule has 1 aromatic carbocycles. The van der Waals surface area contributed by atoms with E-state index in [1.807, 2.05) is 17.8 Å². The minimum absolute atomic E-state index is 0.393. The molecule has 0 atom stereocenters. The second-order valence-electron chi connectivity index (χ2n) is 4.97. The Morgan fingerprint density at radius 2 is 1.95 bits per heavy atom. The molecule has 0 saturated carbocycles. The molecule has 2 nitrogen and oxygen atoms in total. The van der Waals surface area contributed by atoms with Gasteiger partial charge < -0.3 is 0 Å². The van der Waals surface area contributed by atoms with Gasteiger partial charge in [0, 0.05) is 17.5 Å². The first-order valence-corrected chi connectivity index (χ1v) is 7.50. The number of nitrogens with zero attached hydrogens (tertiary/aromatic N) is 2. The molecule has 2 heterocycles. The molecule has 0 unspecified atom stereocenters. The van der Waals surface area contributed by atoms with E-state index >= 15 is 0 Å². The van der Waals surface area contributed by atoms with Gasteiger partial charge in [0.25, 0.3) is 0 Å². The summed E-state index contributed by atoms with van der Waals surface area (Å²) in [6, 6.07) is 12.6. The van der Waals surface area contributed by atoms with E-state index in [9.17, 15) is 0 Å². The standard InChI is InChI=1S/C17H15N2S/c1-12(2)16-8-14(13-6-4-3-5-7-13)15(9-19-16)17-10-18-11-20-17/h3-8,10-12H,1-2H3. The highest BCUT2D eigenvalue weighted by molar-refractivity contribution is 7.13. The van der Waals surface area contributed by atoms with Crippen molar-refractivity contribution in [1.82, 2.24) is 9.97 Å². The van der Waals surface area contributed by atoms with Gasteiger partial charge in [0.1, 0.15) is 0 Å². The van der Waals surface area contributed by atoms with Crippen LogP contribution in [0.4, 0.5) is 0 Å². The highest BCUT2D eigenvalue weighted by Crippen LogP contribution is 2.34. The van der Waals surface area contributed by atoms with E-state index in [-0.39, 0.29) is 0 Å². The average Bonchev–Trinajstić information content (AvgIpc) is 3.01. The first-order chi connectivity index (χ1) is 9.75. The lowest BCUT2D eigenvalue weighted by Gasteiger charge is -2.11. The first-order valence-electron chi connectivity index (χ1n) is 6.62. The molecular weight excluding hydrogens is 264 g/mol. The molecule has 0 aliphatic carbocycles. The zero-order chi connectivity index (χ0) is 13.9. The van der Waals surface area contributed by atoms with Crippen molar-refractivity contribution in [3.8, 4) is 21.6 Å². The van der Waals surface area contributed by atoms with E-state index < -0.39 is 0 Å². The second kappa shape index (κ2) is 5.55. The second-order valence-corrected chi connectivity index (χ2v) is 5.85. The summed E-state index contributed by atoms with van der Waals surface area (Å²) in [5, 5.41) is 0. The van der Waals surface area contributed by atoms with Crippen molar-refractivity contribution in [1.29, 1.82) is 0 Å². The van der Waals surface area contributed by atoms with Crippen LogP contribution in [0.25, 0.3) is 21.6 Å². The van der Waals surface area contributed by atoms with E-state index in [2.05, 4.69) is 60.3 Å². The van der Waals surface area contributed by atoms with Crippen LogP contribution in [0.5, 0.6) is 0 Å². The Morgan fingerprint density at radius 3 is 2.60 bits per heavy atom. The molecule has 0 aliphatic rings. The van der Waals surface area contributed by atoms with E-state index in [1.54, 1.807) is 11.3 Å². The summed E-state index contributed by atoms with van der Waals surface area (Å²) in [5.74, 6) is 0.393. The summed E-state index contributed by atoms with van der Waals surface area (Å²) < 4.78 is 0. The van der Waals surface area contributed by atoms with Crippen molar-refractivity contribution in [2.24, 2.45) is 0 Å². The van der Waals surface area contributed by atoms with Crippen LogP contribution < -0.4 is 0 Å². The van der Waals surface area contributed by atoms with Crippen LogP contribution in [0.3, 0.4) is 0 Å². The van der Waals surface area contributed by atoms with E-state index in [4.69, 9.17) is 0 Å². The minimum Gasteiger partial charge on any atom is -0.252 e. The highest BCUT2D eigenvalue weighted by Gasteiger charge is 2.12. The third-order valence-electron chi connectivity index (χ3n) is 3.21. The van der Waals surface area contributed by atoms with Crippen LogP contribution in [0.2, 0.25) is 0 Å². The number of rotatable bonds is 3. The van der Waals surface area contributed by atoms with Gasteiger partial charge in [0.05, 0.1) is 16.6 Å². The summed E-state index contributed by atoms with van der Waals surface area (Å²) in [5.41, 5.74) is 6.30. The normalized spacial score (nSPS) is 10.9. The predicted molar refractivity (Wildman–Crippen MR) is 83.7 cm³/mol. The van der Waals surface area contributed by atoms with Crippen LogP contribution >= 0.6 is 11.3 Å². The zero-order valence-corrected chi connectivity index (χ0v) is 12.3. The Morgan fingerprint density at radius 1 is 1.15 bits per heavy atom. The number of hydrogen-bond acceptors (Lipinski definition) is 3. The molecule has 20 heavy (non-hydrogen) atoms. The summed E-state index contributed by atoms with van der Waals surface area (Å²) in [4.78, 5) is 9.74. The number of aromatic nitrogens is 2. The monoisotopic (exact) mass is 279 g/mol. The molecule has 3 aromatic rings. The lowest BCUT2D eigenvalue weighted by Crippen LogP contribution is -1.95. The van der Waals surface area contributed by atoms with Crippen LogP contribution in [-0.2, 0) is 0 Å². The number of pyridine rings is 1. The Labute approximate surface area is 123 Å². The number of hydrogen-bond donors (Lipinski definition) is 0. The van der Waals surface area contributed by atoms with Gasteiger partial charge in [-0.25, -0.2) is 0 Å². The molecule has 0 amide bonds. The molecule has 0 fully saturated rings. The summed E-state index contributed by atoms with van der Waals surface area (Å²) in [6.07, 6.45) is 5.08. The van der Waals surface area contributed by atoms with Gasteiger partial charge in [-0.15, -0.1) is 11.3 Å². The maximum absolute atomic E-state index is 4.47. The molecule has 3 rings (SSSR count). The van der Waals surface area contributed by atoms with Gasteiger partial charge in [-0.1, -0.05) is 44.2 Å². The lowest BCUT2D eigenvalue weighted by molar-refractivity contribution is 0.822. The van der Waals surface area contributed by atoms with Crippen molar-refractivity contribution in [3.63, 3.8) is 0 Å². The van der Waals surface area contributed by atoms with E-state index in [0.29, 0.717) is 5.92 Å². The Hall–Kier alpha value is -2.00. The van der Waals surface area contributed by atoms with Crippen LogP contribution in [0, 0.1) is 6.20 Å². The maximum atomic E-state index is 4.47. The average molecular weight is 279 g/mol. The molecule has 0 N–H and O–H groups in total. The minimum atomic E-state index is 0.393. The smallest absolute Gasteiger partial charge is 0.0989 e. The molecule has 2 aromatic heterocycles. The summed E-state index contributed by atoms with van der Waals surface area (Å²) >= 11 is 1.62. The van der Waals surface area contributed by atoms with Gasteiger partial charge in [0.2, 0.25) is 0 Å². The molecule has 0 saturated heterocycles. The Balaban J connectivity index is 2.20. The summed E-state index contributed by atoms with van der Waals surface area (Å²) in [7, 11) is 0. The fourth-order valence-corrected chi connectivity index (χ4v) is 2.73. The van der Waals surface area contributed by atoms with Crippen molar-refractivity contribution in [2.75, 3.05) is 0 Å². The SMILES string of the molecule is CC(C)c1cc(-c2ccccc2)c(-c2cncs2)[c]n1. The number of thiazole rings is 1. The summed E-state index contributed by atoms with van der Waals surface area (Å²) in [6.45, 7) is 4.30. The van der Waals surface area contributed by atoms with Gasteiger partial charge in [-0.3, -0.25) is 9.97 Å². The fourth-order valence-electron chi connectivity index (χ4n) is 2.10. The van der Waals surface area contributed by atoms with Gasteiger partial charge in [-0.2, -0.15) is 0 Å². The Kier molecular flexibility index (Phi) is 3.61. The molecule has 0 bridgehead atoms. The van der Waals surface area contributed by atoms with Crippen LogP contribution in [-0.4, -0.2) is 9.97 Å².